The third kappa shape index (κ3) is 2.12. The lowest BCUT2D eigenvalue weighted by atomic mass is 10.2. The average Bonchev–Trinajstić information content (AvgIpc) is 2.11. The van der Waals surface area contributed by atoms with E-state index < -0.39 is 0 Å². The molecule has 13 heavy (non-hydrogen) atoms. The van der Waals surface area contributed by atoms with Gasteiger partial charge in [0, 0.05) is 0 Å². The molecular formula is C11H12O2. The molecule has 0 heterocycles. The van der Waals surface area contributed by atoms with Gasteiger partial charge in [0.15, 0.2) is 11.5 Å². The van der Waals surface area contributed by atoms with Crippen LogP contribution in [0, 0.1) is 6.92 Å². The van der Waals surface area contributed by atoms with E-state index in [1.807, 2.05) is 25.1 Å². The third-order valence-corrected chi connectivity index (χ3v) is 1.59. The summed E-state index contributed by atoms with van der Waals surface area (Å²) in [4.78, 5) is 0. The molecule has 0 aliphatic heterocycles. The van der Waals surface area contributed by atoms with Crippen molar-refractivity contribution >= 4 is 0 Å². The summed E-state index contributed by atoms with van der Waals surface area (Å²) in [6.45, 7) is 8.92. The molecule has 0 atom stereocenters. The van der Waals surface area contributed by atoms with E-state index in [1.165, 1.54) is 12.5 Å². The highest BCUT2D eigenvalue weighted by Crippen LogP contribution is 2.30. The molecule has 1 rings (SSSR count). The lowest BCUT2D eigenvalue weighted by Gasteiger charge is -2.09. The first-order valence-electron chi connectivity index (χ1n) is 3.94. The molecule has 0 bridgehead atoms. The normalized spacial score (nSPS) is 9.00. The third-order valence-electron chi connectivity index (χ3n) is 1.59. The van der Waals surface area contributed by atoms with Gasteiger partial charge in [0.1, 0.15) is 0 Å². The number of benzene rings is 1. The number of hydrogen-bond acceptors (Lipinski definition) is 2. The highest BCUT2D eigenvalue weighted by Gasteiger charge is 2.05. The van der Waals surface area contributed by atoms with Crippen LogP contribution < -0.4 is 9.47 Å². The minimum absolute atomic E-state index is 0.648. The lowest BCUT2D eigenvalue weighted by molar-refractivity contribution is 0.416. The summed E-state index contributed by atoms with van der Waals surface area (Å²) >= 11 is 0. The molecule has 68 valence electrons. The zero-order chi connectivity index (χ0) is 9.68. The fourth-order valence-electron chi connectivity index (χ4n) is 1.04. The van der Waals surface area contributed by atoms with Crippen molar-refractivity contribution < 1.29 is 9.47 Å². The Bertz CT molecular complexity index is 316. The Hall–Kier alpha value is -1.70. The molecule has 0 saturated carbocycles. The molecule has 0 saturated heterocycles. The Morgan fingerprint density at radius 1 is 1.15 bits per heavy atom. The van der Waals surface area contributed by atoms with E-state index in [-0.39, 0.29) is 0 Å². The van der Waals surface area contributed by atoms with Gasteiger partial charge in [-0.15, -0.1) is 0 Å². The SMILES string of the molecule is C=COc1cccc(C)c1OC=C. The van der Waals surface area contributed by atoms with Crippen molar-refractivity contribution in [1.82, 2.24) is 0 Å². The maximum atomic E-state index is 5.21. The quantitative estimate of drug-likeness (QED) is 0.656. The second-order valence-electron chi connectivity index (χ2n) is 2.47. The van der Waals surface area contributed by atoms with Crippen molar-refractivity contribution in [2.75, 3.05) is 0 Å². The largest absolute Gasteiger partial charge is 0.462 e. The Kier molecular flexibility index (Phi) is 3.15. The molecule has 0 fully saturated rings. The van der Waals surface area contributed by atoms with Gasteiger partial charge in [-0.1, -0.05) is 25.3 Å². The highest BCUT2D eigenvalue weighted by molar-refractivity contribution is 5.46. The van der Waals surface area contributed by atoms with E-state index in [0.29, 0.717) is 11.5 Å². The van der Waals surface area contributed by atoms with Gasteiger partial charge in [-0.2, -0.15) is 0 Å². The van der Waals surface area contributed by atoms with Crippen molar-refractivity contribution in [2.24, 2.45) is 0 Å². The summed E-state index contributed by atoms with van der Waals surface area (Å²) in [6.07, 6.45) is 2.74. The fourth-order valence-corrected chi connectivity index (χ4v) is 1.04. The summed E-state index contributed by atoms with van der Waals surface area (Å²) in [5, 5.41) is 0. The number of rotatable bonds is 4. The molecule has 0 aliphatic carbocycles. The van der Waals surface area contributed by atoms with E-state index in [1.54, 1.807) is 0 Å². The summed E-state index contributed by atoms with van der Waals surface area (Å²) < 4.78 is 10.4. The number of aryl methyl sites for hydroxylation is 1. The van der Waals surface area contributed by atoms with Gasteiger partial charge < -0.3 is 9.47 Å². The van der Waals surface area contributed by atoms with E-state index in [9.17, 15) is 0 Å². The molecule has 1 aromatic carbocycles. The van der Waals surface area contributed by atoms with Gasteiger partial charge in [0.2, 0.25) is 0 Å². The van der Waals surface area contributed by atoms with Crippen molar-refractivity contribution in [3.05, 3.63) is 49.4 Å². The summed E-state index contributed by atoms with van der Waals surface area (Å²) in [7, 11) is 0. The van der Waals surface area contributed by atoms with Crippen molar-refractivity contribution in [3.8, 4) is 11.5 Å². The molecule has 2 nitrogen and oxygen atoms in total. The highest BCUT2D eigenvalue weighted by atomic mass is 16.5. The molecule has 0 unspecified atom stereocenters. The Morgan fingerprint density at radius 3 is 2.46 bits per heavy atom. The molecule has 0 aromatic heterocycles. The molecule has 0 aliphatic rings. The van der Waals surface area contributed by atoms with Gasteiger partial charge >= 0.3 is 0 Å². The molecule has 0 radical (unpaired) electrons. The predicted molar refractivity (Wildman–Crippen MR) is 52.8 cm³/mol. The van der Waals surface area contributed by atoms with Gasteiger partial charge in [0.05, 0.1) is 12.5 Å². The van der Waals surface area contributed by atoms with Crippen LogP contribution in [0.5, 0.6) is 11.5 Å². The van der Waals surface area contributed by atoms with Crippen LogP contribution in [0.3, 0.4) is 0 Å². The van der Waals surface area contributed by atoms with Crippen molar-refractivity contribution in [2.45, 2.75) is 6.92 Å². The van der Waals surface area contributed by atoms with Crippen LogP contribution in [0.1, 0.15) is 5.56 Å². The number of para-hydroxylation sites is 1. The van der Waals surface area contributed by atoms with Crippen LogP contribution in [0.15, 0.2) is 43.9 Å². The van der Waals surface area contributed by atoms with Crippen LogP contribution in [0.4, 0.5) is 0 Å². The Morgan fingerprint density at radius 2 is 1.85 bits per heavy atom. The predicted octanol–water partition coefficient (Wildman–Crippen LogP) is 3.04. The number of hydrogen-bond donors (Lipinski definition) is 0. The summed E-state index contributed by atoms with van der Waals surface area (Å²) in [5.74, 6) is 1.33. The van der Waals surface area contributed by atoms with Gasteiger partial charge in [-0.05, 0) is 18.6 Å². The van der Waals surface area contributed by atoms with Gasteiger partial charge in [-0.25, -0.2) is 0 Å². The van der Waals surface area contributed by atoms with E-state index in [2.05, 4.69) is 13.2 Å². The minimum Gasteiger partial charge on any atom is -0.462 e. The molecule has 0 amide bonds. The second-order valence-corrected chi connectivity index (χ2v) is 2.47. The first-order valence-corrected chi connectivity index (χ1v) is 3.94. The Balaban J connectivity index is 3.08. The standard InChI is InChI=1S/C11H12O2/c1-4-12-10-8-6-7-9(3)11(10)13-5-2/h4-8H,1-2H2,3H3. The van der Waals surface area contributed by atoms with Crippen LogP contribution in [0.2, 0.25) is 0 Å². The maximum Gasteiger partial charge on any atom is 0.171 e. The second kappa shape index (κ2) is 4.36. The van der Waals surface area contributed by atoms with Gasteiger partial charge in [-0.3, -0.25) is 0 Å². The molecule has 2 heteroatoms. The molecular weight excluding hydrogens is 164 g/mol. The zero-order valence-corrected chi connectivity index (χ0v) is 7.62. The number of ether oxygens (including phenoxy) is 2. The average molecular weight is 176 g/mol. The van der Waals surface area contributed by atoms with Crippen LogP contribution in [-0.2, 0) is 0 Å². The fraction of sp³-hybridized carbons (Fsp3) is 0.0909. The van der Waals surface area contributed by atoms with Crippen molar-refractivity contribution in [1.29, 1.82) is 0 Å². The van der Waals surface area contributed by atoms with Gasteiger partial charge in [0.25, 0.3) is 0 Å². The smallest absolute Gasteiger partial charge is 0.171 e. The van der Waals surface area contributed by atoms with Crippen LogP contribution >= 0.6 is 0 Å². The van der Waals surface area contributed by atoms with Crippen LogP contribution in [0.25, 0.3) is 0 Å². The Labute approximate surface area is 78.1 Å². The van der Waals surface area contributed by atoms with Crippen LogP contribution in [-0.4, -0.2) is 0 Å². The topological polar surface area (TPSA) is 18.5 Å². The first kappa shape index (κ1) is 9.39. The van der Waals surface area contributed by atoms with Crippen molar-refractivity contribution in [3.63, 3.8) is 0 Å². The lowest BCUT2D eigenvalue weighted by Crippen LogP contribution is -1.90. The zero-order valence-electron chi connectivity index (χ0n) is 7.62. The summed E-state index contributed by atoms with van der Waals surface area (Å²) in [5.41, 5.74) is 0.999. The molecule has 0 N–H and O–H groups in total. The molecule has 1 aromatic rings. The minimum atomic E-state index is 0.648. The maximum absolute atomic E-state index is 5.21. The van der Waals surface area contributed by atoms with E-state index in [4.69, 9.17) is 9.47 Å². The summed E-state index contributed by atoms with van der Waals surface area (Å²) in [6, 6.07) is 5.65. The van der Waals surface area contributed by atoms with E-state index in [0.717, 1.165) is 5.56 Å². The monoisotopic (exact) mass is 176 g/mol. The molecule has 0 spiro atoms. The first-order chi connectivity index (χ1) is 6.29. The van der Waals surface area contributed by atoms with E-state index >= 15 is 0 Å².